The first kappa shape index (κ1) is 13.4. The molecule has 0 amide bonds. The van der Waals surface area contributed by atoms with E-state index < -0.39 is 5.67 Å². The van der Waals surface area contributed by atoms with Crippen molar-refractivity contribution < 1.29 is 4.39 Å². The van der Waals surface area contributed by atoms with Gasteiger partial charge in [-0.15, -0.1) is 5.10 Å². The number of benzene rings is 1. The number of nitrogens with zero attached hydrogens (tertiary/aromatic N) is 6. The molecule has 4 rings (SSSR count). The van der Waals surface area contributed by atoms with E-state index in [0.717, 1.165) is 0 Å². The second kappa shape index (κ2) is 4.88. The molecule has 0 spiro atoms. The first-order valence-corrected chi connectivity index (χ1v) is 7.26. The zero-order chi connectivity index (χ0) is 15.2. The Kier molecular flexibility index (Phi) is 2.97. The Bertz CT molecular complexity index is 837. The first-order valence-electron chi connectivity index (χ1n) is 6.88. The summed E-state index contributed by atoms with van der Waals surface area (Å²) in [6.45, 7) is 0.745. The highest BCUT2D eigenvalue weighted by Crippen LogP contribution is 2.38. The van der Waals surface area contributed by atoms with Gasteiger partial charge < -0.3 is 4.90 Å². The van der Waals surface area contributed by atoms with Gasteiger partial charge in [0.05, 0.1) is 12.7 Å². The second-order valence-electron chi connectivity index (χ2n) is 5.35. The molecule has 6 nitrogen and oxygen atoms in total. The number of fused-ring (bicyclic) bond motifs is 1. The van der Waals surface area contributed by atoms with Gasteiger partial charge in [0.1, 0.15) is 0 Å². The van der Waals surface area contributed by atoms with Crippen molar-refractivity contribution >= 4 is 23.1 Å². The molecular weight excluding hydrogens is 307 g/mol. The second-order valence-corrected chi connectivity index (χ2v) is 5.78. The molecule has 3 heterocycles. The Balaban J connectivity index is 1.69. The normalized spacial score (nSPS) is 21.6. The van der Waals surface area contributed by atoms with Crippen LogP contribution in [0, 0.1) is 0 Å². The lowest BCUT2D eigenvalue weighted by molar-refractivity contribution is 0.196. The van der Waals surface area contributed by atoms with Crippen LogP contribution in [0.5, 0.6) is 0 Å². The molecule has 1 fully saturated rings. The van der Waals surface area contributed by atoms with Crippen LogP contribution in [0.3, 0.4) is 0 Å². The van der Waals surface area contributed by atoms with Gasteiger partial charge in [-0.2, -0.15) is 4.52 Å². The number of rotatable bonds is 2. The highest BCUT2D eigenvalue weighted by Gasteiger charge is 2.41. The van der Waals surface area contributed by atoms with Crippen LogP contribution in [0.1, 0.15) is 12.0 Å². The number of halogens is 2. The molecule has 0 unspecified atom stereocenters. The molecule has 0 N–H and O–H groups in total. The van der Waals surface area contributed by atoms with Crippen LogP contribution in [0.15, 0.2) is 36.7 Å². The van der Waals surface area contributed by atoms with E-state index in [-0.39, 0.29) is 6.54 Å². The van der Waals surface area contributed by atoms with Crippen molar-refractivity contribution in [3.8, 4) is 0 Å². The van der Waals surface area contributed by atoms with Crippen LogP contribution in [0.25, 0.3) is 5.65 Å². The molecule has 112 valence electrons. The summed E-state index contributed by atoms with van der Waals surface area (Å²) in [4.78, 5) is 6.18. The predicted molar refractivity (Wildman–Crippen MR) is 79.6 cm³/mol. The minimum atomic E-state index is -1.45. The summed E-state index contributed by atoms with van der Waals surface area (Å²) >= 11 is 5.98. The average molecular weight is 319 g/mol. The van der Waals surface area contributed by atoms with E-state index in [1.54, 1.807) is 36.7 Å². The van der Waals surface area contributed by atoms with Gasteiger partial charge in [-0.3, -0.25) is 0 Å². The molecule has 1 atom stereocenters. The largest absolute Gasteiger partial charge is 0.350 e. The fourth-order valence-electron chi connectivity index (χ4n) is 2.85. The fourth-order valence-corrected chi connectivity index (χ4v) is 3.04. The zero-order valence-electron chi connectivity index (χ0n) is 11.5. The maximum atomic E-state index is 15.3. The summed E-state index contributed by atoms with van der Waals surface area (Å²) in [6.07, 6.45) is 3.64. The topological polar surface area (TPSA) is 59.2 Å². The van der Waals surface area contributed by atoms with Crippen molar-refractivity contribution in [3.05, 3.63) is 47.2 Å². The lowest BCUT2D eigenvalue weighted by atomic mass is 9.95. The third-order valence-corrected chi connectivity index (χ3v) is 4.19. The highest BCUT2D eigenvalue weighted by atomic mass is 35.5. The van der Waals surface area contributed by atoms with Crippen molar-refractivity contribution in [1.82, 2.24) is 25.0 Å². The van der Waals surface area contributed by atoms with E-state index in [2.05, 4.69) is 20.5 Å². The van der Waals surface area contributed by atoms with Crippen molar-refractivity contribution in [1.29, 1.82) is 0 Å². The molecule has 3 aromatic rings. The zero-order valence-corrected chi connectivity index (χ0v) is 12.3. The van der Waals surface area contributed by atoms with E-state index in [1.807, 2.05) is 4.90 Å². The van der Waals surface area contributed by atoms with Crippen LogP contribution in [0.2, 0.25) is 5.02 Å². The molecule has 0 bridgehead atoms. The lowest BCUT2D eigenvalue weighted by Gasteiger charge is -2.22. The number of alkyl halides is 1. The lowest BCUT2D eigenvalue weighted by Crippen LogP contribution is -2.28. The van der Waals surface area contributed by atoms with Gasteiger partial charge >= 0.3 is 0 Å². The Morgan fingerprint density at radius 3 is 3.09 bits per heavy atom. The Hall–Kier alpha value is -2.28. The third-order valence-electron chi connectivity index (χ3n) is 3.96. The molecule has 2 aromatic heterocycles. The summed E-state index contributed by atoms with van der Waals surface area (Å²) in [6, 6.07) is 6.95. The van der Waals surface area contributed by atoms with Crippen LogP contribution in [0.4, 0.5) is 10.2 Å². The van der Waals surface area contributed by atoms with Crippen molar-refractivity contribution in [2.75, 3.05) is 18.0 Å². The van der Waals surface area contributed by atoms with Crippen molar-refractivity contribution in [2.45, 2.75) is 12.1 Å². The molecule has 0 radical (unpaired) electrons. The quantitative estimate of drug-likeness (QED) is 0.725. The predicted octanol–water partition coefficient (Wildman–Crippen LogP) is 2.25. The average Bonchev–Trinajstić information content (AvgIpc) is 3.14. The first-order chi connectivity index (χ1) is 10.7. The molecule has 0 saturated carbocycles. The fraction of sp³-hybridized carbons (Fsp3) is 0.286. The Labute approximate surface area is 130 Å². The smallest absolute Gasteiger partial charge is 0.221 e. The number of anilines is 1. The van der Waals surface area contributed by atoms with E-state index >= 15 is 4.39 Å². The van der Waals surface area contributed by atoms with Crippen LogP contribution < -0.4 is 4.90 Å². The number of hydrogen-bond acceptors (Lipinski definition) is 5. The van der Waals surface area contributed by atoms with Crippen molar-refractivity contribution in [2.24, 2.45) is 0 Å². The van der Waals surface area contributed by atoms with Gasteiger partial charge in [0, 0.05) is 24.2 Å². The van der Waals surface area contributed by atoms with Gasteiger partial charge in [-0.1, -0.05) is 23.7 Å². The minimum absolute atomic E-state index is 0.201. The van der Waals surface area contributed by atoms with Gasteiger partial charge in [0.2, 0.25) is 5.65 Å². The minimum Gasteiger partial charge on any atom is -0.350 e. The third kappa shape index (κ3) is 2.09. The molecule has 8 heteroatoms. The van der Waals surface area contributed by atoms with Gasteiger partial charge in [0.15, 0.2) is 11.5 Å². The summed E-state index contributed by atoms with van der Waals surface area (Å²) in [7, 11) is 0. The van der Waals surface area contributed by atoms with E-state index in [0.29, 0.717) is 35.0 Å². The molecule has 22 heavy (non-hydrogen) atoms. The molecule has 1 saturated heterocycles. The maximum Gasteiger partial charge on any atom is 0.221 e. The van der Waals surface area contributed by atoms with Crippen LogP contribution in [-0.2, 0) is 5.67 Å². The van der Waals surface area contributed by atoms with Crippen LogP contribution in [-0.4, -0.2) is 38.1 Å². The van der Waals surface area contributed by atoms with Gasteiger partial charge in [0.25, 0.3) is 0 Å². The summed E-state index contributed by atoms with van der Waals surface area (Å²) in [5.41, 5.74) is -0.334. The number of hydrogen-bond donors (Lipinski definition) is 0. The van der Waals surface area contributed by atoms with E-state index in [1.165, 1.54) is 4.52 Å². The summed E-state index contributed by atoms with van der Waals surface area (Å²) in [5, 5.41) is 11.9. The number of tetrazole rings is 1. The SMILES string of the molecule is F[C@]1(c2cccc(Cl)c2)CCN(c2nccn3nnnc23)C1. The number of aromatic nitrogens is 5. The molecule has 0 aliphatic carbocycles. The molecule has 1 aliphatic heterocycles. The monoisotopic (exact) mass is 318 g/mol. The standard InChI is InChI=1S/C14H12ClFN6/c15-11-3-1-2-10(8-11)14(16)4-6-21(9-14)12-13-18-19-20-22(13)7-5-17-12/h1-3,5,7-8H,4,6,9H2/t14-/m1/s1. The molecule has 1 aliphatic rings. The summed E-state index contributed by atoms with van der Waals surface area (Å²) < 4.78 is 16.8. The molecule has 1 aromatic carbocycles. The van der Waals surface area contributed by atoms with E-state index in [4.69, 9.17) is 11.6 Å². The van der Waals surface area contributed by atoms with E-state index in [9.17, 15) is 0 Å². The van der Waals surface area contributed by atoms with Crippen molar-refractivity contribution in [3.63, 3.8) is 0 Å². The Morgan fingerprint density at radius 2 is 2.23 bits per heavy atom. The highest BCUT2D eigenvalue weighted by molar-refractivity contribution is 6.30. The maximum absolute atomic E-state index is 15.3. The summed E-state index contributed by atoms with van der Waals surface area (Å²) in [5.74, 6) is 0.592. The molecular formula is C14H12ClFN6. The van der Waals surface area contributed by atoms with Gasteiger partial charge in [-0.25, -0.2) is 9.37 Å². The van der Waals surface area contributed by atoms with Gasteiger partial charge in [-0.05, 0) is 28.1 Å². The Morgan fingerprint density at radius 1 is 1.32 bits per heavy atom. The van der Waals surface area contributed by atoms with Crippen LogP contribution >= 0.6 is 11.6 Å².